The Balaban J connectivity index is 0.00000420. The van der Waals surface area contributed by atoms with E-state index in [-0.39, 0.29) is 54.3 Å². The molecule has 2 rings (SSSR count). The summed E-state index contributed by atoms with van der Waals surface area (Å²) in [6.07, 6.45) is -4.45. The molecule has 0 radical (unpaired) electrons. The smallest absolute Gasteiger partial charge is 0.434 e. The van der Waals surface area contributed by atoms with E-state index >= 15 is 0 Å². The number of phenolic OH excluding ortho intramolecular Hbond substituents is 1. The van der Waals surface area contributed by atoms with Crippen LogP contribution < -0.4 is 20.1 Å². The maximum Gasteiger partial charge on any atom is 0.434 e. The highest BCUT2D eigenvalue weighted by Crippen LogP contribution is 2.37. The van der Waals surface area contributed by atoms with Crippen LogP contribution in [0.2, 0.25) is 0 Å². The van der Waals surface area contributed by atoms with E-state index in [1.54, 1.807) is 12.1 Å². The van der Waals surface area contributed by atoms with Crippen LogP contribution >= 0.6 is 35.3 Å². The topological polar surface area (TPSA) is 88.0 Å². The maximum absolute atomic E-state index is 12.6. The minimum absolute atomic E-state index is 0. The number of methoxy groups -OCH3 is 2. The summed E-state index contributed by atoms with van der Waals surface area (Å²) in [4.78, 5) is 7.97. The van der Waals surface area contributed by atoms with E-state index in [9.17, 15) is 18.3 Å². The number of guanidine groups is 1. The van der Waals surface area contributed by atoms with Crippen molar-refractivity contribution in [2.24, 2.45) is 4.99 Å². The fraction of sp³-hybridized carbons (Fsp3) is 0.412. The summed E-state index contributed by atoms with van der Waals surface area (Å²) in [5.74, 6) is 0.819. The summed E-state index contributed by atoms with van der Waals surface area (Å²) in [7, 11) is 2.85. The van der Waals surface area contributed by atoms with Crippen LogP contribution in [0.1, 0.15) is 23.2 Å². The second-order valence-corrected chi connectivity index (χ2v) is 6.46. The van der Waals surface area contributed by atoms with Crippen molar-refractivity contribution >= 4 is 41.3 Å². The Kier molecular flexibility index (Phi) is 9.76. The highest BCUT2D eigenvalue weighted by Gasteiger charge is 2.33. The van der Waals surface area contributed by atoms with Gasteiger partial charge in [-0.25, -0.2) is 9.98 Å². The molecule has 0 bridgehead atoms. The van der Waals surface area contributed by atoms with Crippen LogP contribution in [-0.2, 0) is 19.3 Å². The van der Waals surface area contributed by atoms with Gasteiger partial charge in [0.2, 0.25) is 5.75 Å². The van der Waals surface area contributed by atoms with Crippen LogP contribution in [0.4, 0.5) is 13.2 Å². The molecule has 1 aromatic carbocycles. The largest absolute Gasteiger partial charge is 0.502 e. The van der Waals surface area contributed by atoms with Gasteiger partial charge in [0, 0.05) is 11.9 Å². The molecule has 0 aliphatic rings. The number of alkyl halides is 3. The summed E-state index contributed by atoms with van der Waals surface area (Å²) in [6, 6.07) is 3.25. The molecule has 1 heterocycles. The minimum atomic E-state index is -4.45. The first-order valence-electron chi connectivity index (χ1n) is 8.26. The van der Waals surface area contributed by atoms with Gasteiger partial charge < -0.3 is 25.2 Å². The number of ether oxygens (including phenoxy) is 2. The first-order chi connectivity index (χ1) is 13.3. The number of benzene rings is 1. The molecule has 1 aromatic heterocycles. The van der Waals surface area contributed by atoms with Crippen LogP contribution in [0.3, 0.4) is 0 Å². The summed E-state index contributed by atoms with van der Waals surface area (Å²) >= 11 is 0.925. The van der Waals surface area contributed by atoms with E-state index < -0.39 is 11.9 Å². The third-order valence-electron chi connectivity index (χ3n) is 3.55. The molecule has 0 amide bonds. The number of hydrogen-bond donors (Lipinski definition) is 3. The van der Waals surface area contributed by atoms with E-state index in [1.165, 1.54) is 14.2 Å². The van der Waals surface area contributed by atoms with Gasteiger partial charge in [-0.1, -0.05) is 0 Å². The van der Waals surface area contributed by atoms with Crippen molar-refractivity contribution in [3.05, 3.63) is 33.8 Å². The van der Waals surface area contributed by atoms with Crippen molar-refractivity contribution in [1.29, 1.82) is 0 Å². The van der Waals surface area contributed by atoms with Crippen molar-refractivity contribution in [2.45, 2.75) is 26.2 Å². The molecular formula is C17H22F3IN4O3S. The SMILES string of the molecule is CCNC(=NCc1cc(OC)c(O)c(OC)c1)NCc1nc(C(F)(F)F)cs1.I. The fourth-order valence-electron chi connectivity index (χ4n) is 2.23. The Bertz CT molecular complexity index is 805. The lowest BCUT2D eigenvalue weighted by molar-refractivity contribution is -0.140. The average molecular weight is 546 g/mol. The third-order valence-corrected chi connectivity index (χ3v) is 4.40. The second kappa shape index (κ2) is 11.3. The van der Waals surface area contributed by atoms with Crippen molar-refractivity contribution in [1.82, 2.24) is 15.6 Å². The Morgan fingerprint density at radius 3 is 2.31 bits per heavy atom. The molecule has 0 saturated heterocycles. The number of phenols is 1. The van der Waals surface area contributed by atoms with E-state index in [2.05, 4.69) is 20.6 Å². The normalized spacial score (nSPS) is 11.6. The van der Waals surface area contributed by atoms with Gasteiger partial charge in [0.1, 0.15) is 5.01 Å². The Morgan fingerprint density at radius 1 is 1.21 bits per heavy atom. The number of nitrogens with one attached hydrogen (secondary N) is 2. The summed E-state index contributed by atoms with van der Waals surface area (Å²) in [6.45, 7) is 2.78. The molecule has 0 fully saturated rings. The van der Waals surface area contributed by atoms with Crippen LogP contribution in [0, 0.1) is 0 Å². The van der Waals surface area contributed by atoms with Crippen LogP contribution in [0.5, 0.6) is 17.2 Å². The fourth-order valence-corrected chi connectivity index (χ4v) is 2.97. The standard InChI is InChI=1S/C17H21F3N4O3S.HI/c1-4-21-16(23-8-14-24-13(9-28-14)17(18,19)20)22-7-10-5-11(26-2)15(25)12(6-10)27-3;/h5-6,9,25H,4,7-8H2,1-3H3,(H2,21,22,23);1H. The summed E-state index contributed by atoms with van der Waals surface area (Å²) in [5, 5.41) is 17.2. The van der Waals surface area contributed by atoms with Crippen molar-refractivity contribution in [3.8, 4) is 17.2 Å². The van der Waals surface area contributed by atoms with E-state index in [0.29, 0.717) is 17.5 Å². The minimum Gasteiger partial charge on any atom is -0.502 e. The van der Waals surface area contributed by atoms with Gasteiger partial charge in [-0.2, -0.15) is 13.2 Å². The number of aromatic hydroxyl groups is 1. The third kappa shape index (κ3) is 7.10. The van der Waals surface area contributed by atoms with E-state index in [0.717, 1.165) is 22.3 Å². The van der Waals surface area contributed by atoms with Crippen molar-refractivity contribution in [3.63, 3.8) is 0 Å². The van der Waals surface area contributed by atoms with E-state index in [4.69, 9.17) is 9.47 Å². The zero-order valence-electron chi connectivity index (χ0n) is 16.0. The zero-order chi connectivity index (χ0) is 20.7. The Hall–Kier alpha value is -1.96. The maximum atomic E-state index is 12.6. The molecule has 29 heavy (non-hydrogen) atoms. The van der Waals surface area contributed by atoms with E-state index in [1.807, 2.05) is 6.92 Å². The molecular weight excluding hydrogens is 524 g/mol. The Labute approximate surface area is 187 Å². The van der Waals surface area contributed by atoms with Gasteiger partial charge in [0.25, 0.3) is 0 Å². The number of nitrogens with zero attached hydrogens (tertiary/aromatic N) is 2. The lowest BCUT2D eigenvalue weighted by Crippen LogP contribution is -2.36. The second-order valence-electron chi connectivity index (χ2n) is 5.52. The molecule has 2 aromatic rings. The molecule has 0 aliphatic carbocycles. The van der Waals surface area contributed by atoms with Gasteiger partial charge in [0.15, 0.2) is 23.2 Å². The first-order valence-corrected chi connectivity index (χ1v) is 9.14. The molecule has 0 saturated carbocycles. The first kappa shape index (κ1) is 25.1. The van der Waals surface area contributed by atoms with Gasteiger partial charge in [-0.3, -0.25) is 0 Å². The van der Waals surface area contributed by atoms with Crippen molar-refractivity contribution in [2.75, 3.05) is 20.8 Å². The molecule has 3 N–H and O–H groups in total. The van der Waals surface area contributed by atoms with Gasteiger partial charge in [-0.15, -0.1) is 35.3 Å². The molecule has 162 valence electrons. The summed E-state index contributed by atoms with van der Waals surface area (Å²) < 4.78 is 48.1. The van der Waals surface area contributed by atoms with Gasteiger partial charge in [0.05, 0.1) is 27.3 Å². The molecule has 0 aliphatic heterocycles. The molecule has 7 nitrogen and oxygen atoms in total. The average Bonchev–Trinajstić information content (AvgIpc) is 3.14. The highest BCUT2D eigenvalue weighted by molar-refractivity contribution is 14.0. The number of aliphatic imine (C=N–C) groups is 1. The molecule has 0 unspecified atom stereocenters. The Morgan fingerprint density at radius 2 is 1.83 bits per heavy atom. The molecule has 12 heteroatoms. The number of aromatic nitrogens is 1. The highest BCUT2D eigenvalue weighted by atomic mass is 127. The summed E-state index contributed by atoms with van der Waals surface area (Å²) in [5.41, 5.74) is -0.183. The van der Waals surface area contributed by atoms with Gasteiger partial charge >= 0.3 is 6.18 Å². The van der Waals surface area contributed by atoms with Crippen LogP contribution in [-0.4, -0.2) is 36.8 Å². The lowest BCUT2D eigenvalue weighted by Gasteiger charge is -2.12. The number of thiazole rings is 1. The predicted molar refractivity (Wildman–Crippen MR) is 115 cm³/mol. The number of rotatable bonds is 7. The zero-order valence-corrected chi connectivity index (χ0v) is 19.1. The van der Waals surface area contributed by atoms with Gasteiger partial charge in [-0.05, 0) is 24.6 Å². The van der Waals surface area contributed by atoms with Crippen LogP contribution in [0.15, 0.2) is 22.5 Å². The molecule has 0 atom stereocenters. The molecule has 0 spiro atoms. The van der Waals surface area contributed by atoms with Crippen LogP contribution in [0.25, 0.3) is 0 Å². The predicted octanol–water partition coefficient (Wildman–Crippen LogP) is 3.76. The monoisotopic (exact) mass is 546 g/mol. The van der Waals surface area contributed by atoms with Crippen molar-refractivity contribution < 1.29 is 27.8 Å². The lowest BCUT2D eigenvalue weighted by atomic mass is 10.2. The quantitative estimate of drug-likeness (QED) is 0.279. The number of halogens is 4. The number of hydrogen-bond acceptors (Lipinski definition) is 6.